The van der Waals surface area contributed by atoms with Crippen molar-refractivity contribution in [2.45, 2.75) is 0 Å². The van der Waals surface area contributed by atoms with Crippen LogP contribution in [0.4, 0.5) is 21.6 Å². The van der Waals surface area contributed by atoms with Crippen LogP contribution in [-0.2, 0) is 0 Å². The Hall–Kier alpha value is -1.33. The first-order valence-corrected chi connectivity index (χ1v) is 5.87. The normalized spacial score (nSPS) is 10.3. The number of nitrogen functional groups attached to an aromatic ring is 1. The summed E-state index contributed by atoms with van der Waals surface area (Å²) < 4.78 is 13.4. The minimum Gasteiger partial charge on any atom is -0.399 e. The Bertz CT molecular complexity index is 542. The molecule has 0 bridgehead atoms. The third kappa shape index (κ3) is 3.08. The average molecular weight is 317 g/mol. The second kappa shape index (κ2) is 4.89. The Morgan fingerprint density at radius 2 is 2.06 bits per heavy atom. The fourth-order valence-electron chi connectivity index (χ4n) is 1.30. The maximum absolute atomic E-state index is 13.0. The van der Waals surface area contributed by atoms with Crippen LogP contribution in [0.1, 0.15) is 0 Å². The Morgan fingerprint density at radius 1 is 1.29 bits per heavy atom. The van der Waals surface area contributed by atoms with Gasteiger partial charge < -0.3 is 11.1 Å². The quantitative estimate of drug-likeness (QED) is 0.825. The van der Waals surface area contributed by atoms with Crippen molar-refractivity contribution in [1.82, 2.24) is 4.98 Å². The highest BCUT2D eigenvalue weighted by molar-refractivity contribution is 9.10. The summed E-state index contributed by atoms with van der Waals surface area (Å²) in [5, 5.41) is 3.28. The molecule has 0 aliphatic rings. The second-order valence-electron chi connectivity index (χ2n) is 3.36. The molecule has 0 radical (unpaired) electrons. The fourth-order valence-corrected chi connectivity index (χ4v) is 1.90. The van der Waals surface area contributed by atoms with Gasteiger partial charge in [0.15, 0.2) is 0 Å². The van der Waals surface area contributed by atoms with Crippen molar-refractivity contribution < 1.29 is 4.39 Å². The molecule has 0 saturated heterocycles. The molecule has 6 heteroatoms. The number of aromatic nitrogens is 1. The van der Waals surface area contributed by atoms with Crippen molar-refractivity contribution in [3.8, 4) is 0 Å². The van der Waals surface area contributed by atoms with Crippen molar-refractivity contribution in [3.63, 3.8) is 0 Å². The van der Waals surface area contributed by atoms with Gasteiger partial charge in [0, 0.05) is 17.4 Å². The van der Waals surface area contributed by atoms with Crippen LogP contribution in [0.5, 0.6) is 0 Å². The van der Waals surface area contributed by atoms with E-state index in [1.165, 1.54) is 6.07 Å². The van der Waals surface area contributed by atoms with E-state index in [0.29, 0.717) is 26.8 Å². The Labute approximate surface area is 111 Å². The first kappa shape index (κ1) is 12.1. The van der Waals surface area contributed by atoms with Gasteiger partial charge in [0.25, 0.3) is 0 Å². The third-order valence-corrected chi connectivity index (χ3v) is 2.81. The lowest BCUT2D eigenvalue weighted by molar-refractivity contribution is 0.621. The molecule has 0 spiro atoms. The van der Waals surface area contributed by atoms with Crippen molar-refractivity contribution >= 4 is 44.7 Å². The van der Waals surface area contributed by atoms with Gasteiger partial charge in [-0.3, -0.25) is 0 Å². The van der Waals surface area contributed by atoms with E-state index in [9.17, 15) is 4.39 Å². The van der Waals surface area contributed by atoms with Crippen LogP contribution in [0.25, 0.3) is 0 Å². The third-order valence-electron chi connectivity index (χ3n) is 2.01. The molecule has 1 aromatic carbocycles. The molecule has 1 aromatic heterocycles. The summed E-state index contributed by atoms with van der Waals surface area (Å²) in [6.07, 6.45) is 0. The van der Waals surface area contributed by atoms with Crippen LogP contribution in [0, 0.1) is 5.82 Å². The predicted molar refractivity (Wildman–Crippen MR) is 71.0 cm³/mol. The van der Waals surface area contributed by atoms with E-state index >= 15 is 0 Å². The Morgan fingerprint density at radius 3 is 2.71 bits per heavy atom. The smallest absolute Gasteiger partial charge is 0.137 e. The minimum atomic E-state index is -0.325. The molecule has 0 aliphatic heterocycles. The number of rotatable bonds is 2. The Kier molecular flexibility index (Phi) is 3.49. The molecule has 0 atom stereocenters. The SMILES string of the molecule is Nc1cc(Cl)nc(Nc2ccc(F)c(Br)c2)c1. The van der Waals surface area contributed by atoms with E-state index in [-0.39, 0.29) is 5.82 Å². The number of nitrogens with two attached hydrogens (primary N) is 1. The van der Waals surface area contributed by atoms with Gasteiger partial charge in [-0.15, -0.1) is 0 Å². The average Bonchev–Trinajstić information content (AvgIpc) is 2.22. The van der Waals surface area contributed by atoms with Gasteiger partial charge >= 0.3 is 0 Å². The number of hydrogen-bond acceptors (Lipinski definition) is 3. The molecule has 0 unspecified atom stereocenters. The summed E-state index contributed by atoms with van der Waals surface area (Å²) in [6, 6.07) is 7.74. The molecule has 2 aromatic rings. The zero-order valence-electron chi connectivity index (χ0n) is 8.55. The van der Waals surface area contributed by atoms with Crippen molar-refractivity contribution in [2.24, 2.45) is 0 Å². The molecule has 0 amide bonds. The number of hydrogen-bond donors (Lipinski definition) is 2. The summed E-state index contributed by atoms with van der Waals surface area (Å²) in [7, 11) is 0. The molecular formula is C11H8BrClFN3. The van der Waals surface area contributed by atoms with Crippen LogP contribution in [0.2, 0.25) is 5.15 Å². The van der Waals surface area contributed by atoms with Crippen LogP contribution in [-0.4, -0.2) is 4.98 Å². The topological polar surface area (TPSA) is 50.9 Å². The van der Waals surface area contributed by atoms with Gasteiger partial charge in [-0.2, -0.15) is 0 Å². The first-order chi connectivity index (χ1) is 8.04. The van der Waals surface area contributed by atoms with Gasteiger partial charge in [-0.05, 0) is 40.2 Å². The lowest BCUT2D eigenvalue weighted by Gasteiger charge is -2.07. The summed E-state index contributed by atoms with van der Waals surface area (Å²) in [5.41, 5.74) is 6.83. The van der Waals surface area contributed by atoms with E-state index in [0.717, 1.165) is 0 Å². The summed E-state index contributed by atoms with van der Waals surface area (Å²) >= 11 is 8.87. The number of nitrogens with one attached hydrogen (secondary N) is 1. The highest BCUT2D eigenvalue weighted by Crippen LogP contribution is 2.24. The molecule has 0 saturated carbocycles. The molecule has 3 nitrogen and oxygen atoms in total. The highest BCUT2D eigenvalue weighted by Gasteiger charge is 2.03. The molecule has 1 heterocycles. The van der Waals surface area contributed by atoms with Gasteiger partial charge in [-0.25, -0.2) is 9.37 Å². The lowest BCUT2D eigenvalue weighted by Crippen LogP contribution is -1.96. The Balaban J connectivity index is 2.28. The monoisotopic (exact) mass is 315 g/mol. The molecule has 0 fully saturated rings. The van der Waals surface area contributed by atoms with Gasteiger partial charge in [0.2, 0.25) is 0 Å². The standard InChI is InChI=1S/C11H8BrClFN3/c12-8-5-7(1-2-9(8)14)16-11-4-6(15)3-10(13)17-11/h1-5H,(H3,15,16,17). The van der Waals surface area contributed by atoms with Gasteiger partial charge in [0.05, 0.1) is 4.47 Å². The number of nitrogens with zero attached hydrogens (tertiary/aromatic N) is 1. The van der Waals surface area contributed by atoms with E-state index in [1.807, 2.05) is 0 Å². The van der Waals surface area contributed by atoms with Crippen molar-refractivity contribution in [1.29, 1.82) is 0 Å². The zero-order valence-corrected chi connectivity index (χ0v) is 10.9. The first-order valence-electron chi connectivity index (χ1n) is 4.70. The number of benzene rings is 1. The van der Waals surface area contributed by atoms with Gasteiger partial charge in [0.1, 0.15) is 16.8 Å². The fraction of sp³-hybridized carbons (Fsp3) is 0. The lowest BCUT2D eigenvalue weighted by atomic mass is 10.3. The zero-order chi connectivity index (χ0) is 12.4. The molecule has 17 heavy (non-hydrogen) atoms. The maximum atomic E-state index is 13.0. The summed E-state index contributed by atoms with van der Waals surface area (Å²) in [6.45, 7) is 0. The van der Waals surface area contributed by atoms with Gasteiger partial charge in [-0.1, -0.05) is 11.6 Å². The van der Waals surface area contributed by atoms with Crippen molar-refractivity contribution in [2.75, 3.05) is 11.1 Å². The van der Waals surface area contributed by atoms with Crippen molar-refractivity contribution in [3.05, 3.63) is 45.8 Å². The molecule has 88 valence electrons. The van der Waals surface area contributed by atoms with Crippen LogP contribution >= 0.6 is 27.5 Å². The summed E-state index contributed by atoms with van der Waals surface area (Å²) in [4.78, 5) is 4.05. The largest absolute Gasteiger partial charge is 0.399 e. The van der Waals surface area contributed by atoms with E-state index in [1.54, 1.807) is 24.3 Å². The van der Waals surface area contributed by atoms with E-state index < -0.39 is 0 Å². The van der Waals surface area contributed by atoms with E-state index in [2.05, 4.69) is 26.2 Å². The predicted octanol–water partition coefficient (Wildman–Crippen LogP) is 3.96. The molecule has 2 rings (SSSR count). The molecular weight excluding hydrogens is 308 g/mol. The van der Waals surface area contributed by atoms with Crippen LogP contribution < -0.4 is 11.1 Å². The number of halogens is 3. The maximum Gasteiger partial charge on any atom is 0.137 e. The van der Waals surface area contributed by atoms with Crippen LogP contribution in [0.15, 0.2) is 34.8 Å². The highest BCUT2D eigenvalue weighted by atomic mass is 79.9. The molecule has 3 N–H and O–H groups in total. The second-order valence-corrected chi connectivity index (χ2v) is 4.60. The summed E-state index contributed by atoms with van der Waals surface area (Å²) in [5.74, 6) is 0.183. The number of pyridine rings is 1. The molecule has 0 aliphatic carbocycles. The number of anilines is 3. The minimum absolute atomic E-state index is 0.300. The van der Waals surface area contributed by atoms with Crippen LogP contribution in [0.3, 0.4) is 0 Å². The van der Waals surface area contributed by atoms with E-state index in [4.69, 9.17) is 17.3 Å².